The van der Waals surface area contributed by atoms with Crippen LogP contribution in [0, 0.1) is 28.1 Å². The van der Waals surface area contributed by atoms with Crippen LogP contribution >= 0.6 is 0 Å². The molecule has 3 unspecified atom stereocenters. The van der Waals surface area contributed by atoms with E-state index in [0.29, 0.717) is 13.0 Å². The van der Waals surface area contributed by atoms with Gasteiger partial charge in [0.25, 0.3) is 0 Å². The fourth-order valence-corrected chi connectivity index (χ4v) is 3.27. The summed E-state index contributed by atoms with van der Waals surface area (Å²) in [4.78, 5) is 27.4. The molecule has 1 heterocycles. The van der Waals surface area contributed by atoms with Crippen LogP contribution in [-0.2, 0) is 25.5 Å². The van der Waals surface area contributed by atoms with Crippen molar-refractivity contribution in [2.24, 2.45) is 16.7 Å². The van der Waals surface area contributed by atoms with Crippen LogP contribution in [0.3, 0.4) is 0 Å². The molecule has 1 amide bonds. The lowest BCUT2D eigenvalue weighted by Gasteiger charge is -2.36. The fraction of sp³-hybridized carbons (Fsp3) is 0.591. The normalized spacial score (nSPS) is 19.1. The highest BCUT2D eigenvalue weighted by Gasteiger charge is 2.46. The summed E-state index contributed by atoms with van der Waals surface area (Å²) in [5.41, 5.74) is -0.879. The van der Waals surface area contributed by atoms with Gasteiger partial charge >= 0.3 is 5.97 Å². The molecule has 0 saturated carbocycles. The summed E-state index contributed by atoms with van der Waals surface area (Å²) >= 11 is 0. The van der Waals surface area contributed by atoms with E-state index >= 15 is 0 Å². The number of nitriles is 1. The monoisotopic (exact) mass is 386 g/mol. The molecule has 1 aromatic rings. The van der Waals surface area contributed by atoms with Crippen LogP contribution in [0.25, 0.3) is 0 Å². The molecule has 1 saturated heterocycles. The topological polar surface area (TPSA) is 82.9 Å². The number of rotatable bonds is 9. The molecular formula is C22H30N2O4. The summed E-state index contributed by atoms with van der Waals surface area (Å²) < 4.78 is 10.7. The Morgan fingerprint density at radius 3 is 2.39 bits per heavy atom. The van der Waals surface area contributed by atoms with Crippen LogP contribution < -0.4 is 0 Å². The third kappa shape index (κ3) is 5.56. The smallest absolute Gasteiger partial charge is 0.312 e. The Bertz CT molecular complexity index is 735. The number of hydrogen-bond acceptors (Lipinski definition) is 5. The van der Waals surface area contributed by atoms with Crippen molar-refractivity contribution in [2.45, 2.75) is 39.7 Å². The Kier molecular flexibility index (Phi) is 6.84. The standard InChI is InChI=1S/C22H30N2O4/c1-21(2,15-23)18(19(25)24(4)5)12-22(3,11-16-9-7-6-8-10-16)20(26)28-14-17-13-27-17/h6-10,17-18H,11-14H2,1-5H3. The number of nitrogens with zero attached hydrogens (tertiary/aromatic N) is 2. The van der Waals surface area contributed by atoms with Gasteiger partial charge in [0.05, 0.1) is 29.4 Å². The number of carbonyl (C=O) groups excluding carboxylic acids is 2. The molecule has 0 N–H and O–H groups in total. The van der Waals surface area contributed by atoms with E-state index in [9.17, 15) is 14.9 Å². The lowest BCUT2D eigenvalue weighted by molar-refractivity contribution is -0.158. The molecule has 3 atom stereocenters. The molecular weight excluding hydrogens is 356 g/mol. The molecule has 6 heteroatoms. The second kappa shape index (κ2) is 8.74. The second-order valence-electron chi connectivity index (χ2n) is 8.60. The summed E-state index contributed by atoms with van der Waals surface area (Å²) in [6.45, 7) is 6.12. The summed E-state index contributed by atoms with van der Waals surface area (Å²) in [5, 5.41) is 9.65. The average Bonchev–Trinajstić information content (AvgIpc) is 3.48. The summed E-state index contributed by atoms with van der Waals surface area (Å²) in [7, 11) is 3.33. The van der Waals surface area contributed by atoms with E-state index < -0.39 is 16.7 Å². The molecule has 0 spiro atoms. The molecule has 0 bridgehead atoms. The largest absolute Gasteiger partial charge is 0.462 e. The highest BCUT2D eigenvalue weighted by molar-refractivity contribution is 5.82. The first-order valence-electron chi connectivity index (χ1n) is 9.54. The first kappa shape index (κ1) is 21.9. The minimum absolute atomic E-state index is 0.0281. The minimum atomic E-state index is -0.944. The van der Waals surface area contributed by atoms with Gasteiger partial charge < -0.3 is 14.4 Å². The third-order valence-corrected chi connectivity index (χ3v) is 5.29. The van der Waals surface area contributed by atoms with Gasteiger partial charge in [-0.05, 0) is 39.2 Å². The van der Waals surface area contributed by atoms with E-state index in [0.717, 1.165) is 5.56 Å². The van der Waals surface area contributed by atoms with Gasteiger partial charge in [-0.1, -0.05) is 30.3 Å². The van der Waals surface area contributed by atoms with Gasteiger partial charge in [0.2, 0.25) is 5.91 Å². The third-order valence-electron chi connectivity index (χ3n) is 5.29. The number of benzene rings is 1. The van der Waals surface area contributed by atoms with E-state index in [-0.39, 0.29) is 31.0 Å². The van der Waals surface area contributed by atoms with Crippen LogP contribution in [0.15, 0.2) is 30.3 Å². The van der Waals surface area contributed by atoms with Gasteiger partial charge in [-0.15, -0.1) is 0 Å². The molecule has 6 nitrogen and oxygen atoms in total. The Labute approximate surface area is 167 Å². The maximum atomic E-state index is 13.1. The van der Waals surface area contributed by atoms with Gasteiger partial charge in [0, 0.05) is 14.1 Å². The maximum Gasteiger partial charge on any atom is 0.312 e. The van der Waals surface area contributed by atoms with E-state index in [1.165, 1.54) is 4.90 Å². The first-order valence-corrected chi connectivity index (χ1v) is 9.54. The van der Waals surface area contributed by atoms with Crippen LogP contribution in [0.5, 0.6) is 0 Å². The molecule has 152 valence electrons. The highest BCUT2D eigenvalue weighted by Crippen LogP contribution is 2.40. The molecule has 0 radical (unpaired) electrons. The fourth-order valence-electron chi connectivity index (χ4n) is 3.27. The quantitative estimate of drug-likeness (QED) is 0.481. The highest BCUT2D eigenvalue weighted by atomic mass is 16.6. The molecule has 0 aromatic heterocycles. The zero-order valence-electron chi connectivity index (χ0n) is 17.4. The molecule has 1 fully saturated rings. The minimum Gasteiger partial charge on any atom is -0.462 e. The number of amides is 1. The lowest BCUT2D eigenvalue weighted by Crippen LogP contribution is -2.44. The van der Waals surface area contributed by atoms with Gasteiger partial charge in [-0.2, -0.15) is 5.26 Å². The van der Waals surface area contributed by atoms with Crippen molar-refractivity contribution in [3.8, 4) is 6.07 Å². The zero-order valence-corrected chi connectivity index (χ0v) is 17.4. The van der Waals surface area contributed by atoms with Gasteiger partial charge in [0.1, 0.15) is 12.7 Å². The van der Waals surface area contributed by atoms with E-state index in [4.69, 9.17) is 9.47 Å². The van der Waals surface area contributed by atoms with Crippen molar-refractivity contribution in [3.63, 3.8) is 0 Å². The Balaban J connectivity index is 2.32. The van der Waals surface area contributed by atoms with Gasteiger partial charge in [-0.25, -0.2) is 0 Å². The van der Waals surface area contributed by atoms with Crippen molar-refractivity contribution in [1.82, 2.24) is 4.90 Å². The van der Waals surface area contributed by atoms with Crippen LogP contribution in [0.1, 0.15) is 32.8 Å². The molecule has 0 aliphatic carbocycles. The van der Waals surface area contributed by atoms with Crippen molar-refractivity contribution in [3.05, 3.63) is 35.9 Å². The van der Waals surface area contributed by atoms with E-state index in [2.05, 4.69) is 6.07 Å². The predicted molar refractivity (Wildman–Crippen MR) is 105 cm³/mol. The number of esters is 1. The van der Waals surface area contributed by atoms with Crippen molar-refractivity contribution < 1.29 is 19.1 Å². The predicted octanol–water partition coefficient (Wildman–Crippen LogP) is 2.82. The second-order valence-corrected chi connectivity index (χ2v) is 8.60. The van der Waals surface area contributed by atoms with Gasteiger partial charge in [-0.3, -0.25) is 9.59 Å². The number of hydrogen-bond donors (Lipinski definition) is 0. The van der Waals surface area contributed by atoms with E-state index in [1.54, 1.807) is 27.9 Å². The Hall–Kier alpha value is -2.39. The van der Waals surface area contributed by atoms with Crippen molar-refractivity contribution in [2.75, 3.05) is 27.3 Å². The Morgan fingerprint density at radius 1 is 1.29 bits per heavy atom. The zero-order chi connectivity index (χ0) is 20.9. The average molecular weight is 386 g/mol. The molecule has 1 aromatic carbocycles. The molecule has 2 rings (SSSR count). The van der Waals surface area contributed by atoms with Crippen molar-refractivity contribution in [1.29, 1.82) is 5.26 Å². The van der Waals surface area contributed by atoms with Crippen molar-refractivity contribution >= 4 is 11.9 Å². The molecule has 1 aliphatic rings. The summed E-state index contributed by atoms with van der Waals surface area (Å²) in [5.74, 6) is -1.16. The van der Waals surface area contributed by atoms with Crippen LogP contribution in [0.4, 0.5) is 0 Å². The van der Waals surface area contributed by atoms with Crippen LogP contribution in [0.2, 0.25) is 0 Å². The lowest BCUT2D eigenvalue weighted by atomic mass is 9.68. The van der Waals surface area contributed by atoms with Crippen LogP contribution in [-0.4, -0.2) is 50.2 Å². The molecule has 1 aliphatic heterocycles. The summed E-state index contributed by atoms with van der Waals surface area (Å²) in [6.07, 6.45) is 0.625. The van der Waals surface area contributed by atoms with Gasteiger partial charge in [0.15, 0.2) is 0 Å². The number of epoxide rings is 1. The first-order chi connectivity index (χ1) is 13.1. The maximum absolute atomic E-state index is 13.1. The Morgan fingerprint density at radius 2 is 1.89 bits per heavy atom. The summed E-state index contributed by atoms with van der Waals surface area (Å²) in [6, 6.07) is 11.9. The van der Waals surface area contributed by atoms with E-state index in [1.807, 2.05) is 37.3 Å². The SMILES string of the molecule is CN(C)C(=O)C(CC(C)(Cc1ccccc1)C(=O)OCC1CO1)C(C)(C)C#N. The number of carbonyl (C=O) groups is 2. The number of ether oxygens (including phenoxy) is 2. The molecule has 28 heavy (non-hydrogen) atoms.